The summed E-state index contributed by atoms with van der Waals surface area (Å²) in [6, 6.07) is 8.69. The van der Waals surface area contributed by atoms with Crippen molar-refractivity contribution in [3.63, 3.8) is 0 Å². The third-order valence-electron chi connectivity index (χ3n) is 6.40. The van der Waals surface area contributed by atoms with E-state index in [-0.39, 0.29) is 16.0 Å². The molecule has 0 radical (unpaired) electrons. The van der Waals surface area contributed by atoms with Crippen molar-refractivity contribution in [3.05, 3.63) is 75.6 Å². The quantitative estimate of drug-likeness (QED) is 0.437. The molecule has 0 spiro atoms. The molecular formula is C24H28N6O3S. The Kier molecular flexibility index (Phi) is 5.25. The smallest absolute Gasteiger partial charge is 0.254 e. The molecule has 5 rings (SSSR count). The average Bonchev–Trinajstić information content (AvgIpc) is 3.17. The number of pyridine rings is 1. The van der Waals surface area contributed by atoms with Gasteiger partial charge in [0.25, 0.3) is 5.56 Å². The first-order valence-electron chi connectivity index (χ1n) is 11.2. The van der Waals surface area contributed by atoms with Crippen LogP contribution >= 0.6 is 0 Å². The van der Waals surface area contributed by atoms with Gasteiger partial charge in [0.05, 0.1) is 34.5 Å². The van der Waals surface area contributed by atoms with E-state index >= 15 is 0 Å². The van der Waals surface area contributed by atoms with Gasteiger partial charge in [0.1, 0.15) is 0 Å². The lowest BCUT2D eigenvalue weighted by atomic mass is 10.1. The lowest BCUT2D eigenvalue weighted by Gasteiger charge is -2.16. The van der Waals surface area contributed by atoms with Crippen LogP contribution in [0, 0.1) is 6.92 Å². The van der Waals surface area contributed by atoms with Crippen LogP contribution in [0.3, 0.4) is 0 Å². The summed E-state index contributed by atoms with van der Waals surface area (Å²) in [4.78, 5) is 13.8. The van der Waals surface area contributed by atoms with Gasteiger partial charge in [0, 0.05) is 43.2 Å². The van der Waals surface area contributed by atoms with Crippen molar-refractivity contribution in [2.75, 3.05) is 0 Å². The van der Waals surface area contributed by atoms with E-state index in [4.69, 9.17) is 0 Å². The van der Waals surface area contributed by atoms with Crippen molar-refractivity contribution in [2.45, 2.75) is 50.1 Å². The summed E-state index contributed by atoms with van der Waals surface area (Å²) >= 11 is 0. The van der Waals surface area contributed by atoms with Gasteiger partial charge in [0.15, 0.2) is 0 Å². The Balaban J connectivity index is 1.65. The minimum Gasteiger partial charge on any atom is -0.302 e. The average molecular weight is 481 g/mol. The zero-order chi connectivity index (χ0) is 24.3. The molecule has 1 fully saturated rings. The van der Waals surface area contributed by atoms with Gasteiger partial charge in [-0.3, -0.25) is 14.2 Å². The van der Waals surface area contributed by atoms with Gasteiger partial charge in [0.2, 0.25) is 10.0 Å². The van der Waals surface area contributed by atoms with Gasteiger partial charge in [-0.1, -0.05) is 0 Å². The molecule has 0 unspecified atom stereocenters. The fourth-order valence-corrected chi connectivity index (χ4v) is 5.81. The highest BCUT2D eigenvalue weighted by Gasteiger charge is 2.41. The Morgan fingerprint density at radius 2 is 1.91 bits per heavy atom. The molecule has 0 saturated heterocycles. The summed E-state index contributed by atoms with van der Waals surface area (Å²) in [5, 5.41) is 9.30. The van der Waals surface area contributed by atoms with E-state index in [1.165, 1.54) is 0 Å². The monoisotopic (exact) mass is 480 g/mol. The van der Waals surface area contributed by atoms with Crippen LogP contribution in [0.2, 0.25) is 0 Å². The summed E-state index contributed by atoms with van der Waals surface area (Å²) < 4.78 is 34.0. The number of aryl methyl sites for hydroxylation is 3. The Bertz CT molecular complexity index is 1570. The highest BCUT2D eigenvalue weighted by molar-refractivity contribution is 7.89. The summed E-state index contributed by atoms with van der Waals surface area (Å²) in [5.41, 5.74) is 3.44. The largest absolute Gasteiger partial charge is 0.302 e. The summed E-state index contributed by atoms with van der Waals surface area (Å²) in [6.07, 6.45) is 5.68. The van der Waals surface area contributed by atoms with Gasteiger partial charge >= 0.3 is 0 Å². The maximum atomic E-state index is 13.6. The Morgan fingerprint density at radius 1 is 1.15 bits per heavy atom. The maximum Gasteiger partial charge on any atom is 0.254 e. The van der Waals surface area contributed by atoms with Crippen LogP contribution in [0.4, 0.5) is 0 Å². The third-order valence-corrected chi connectivity index (χ3v) is 8.04. The van der Waals surface area contributed by atoms with Crippen LogP contribution in [0.15, 0.2) is 52.4 Å². The summed E-state index contributed by atoms with van der Waals surface area (Å²) in [7, 11) is 0.0164. The number of benzene rings is 1. The molecular weight excluding hydrogens is 452 g/mol. The maximum absolute atomic E-state index is 13.6. The molecule has 178 valence electrons. The predicted octanol–water partition coefficient (Wildman–Crippen LogP) is 2.25. The van der Waals surface area contributed by atoms with Crippen molar-refractivity contribution in [3.8, 4) is 0 Å². The number of hydrogen-bond acceptors (Lipinski definition) is 5. The highest BCUT2D eigenvalue weighted by Crippen LogP contribution is 2.36. The minimum atomic E-state index is -3.67. The topological polar surface area (TPSA) is 104 Å². The molecule has 3 heterocycles. The molecule has 3 aromatic heterocycles. The van der Waals surface area contributed by atoms with E-state index in [0.717, 1.165) is 29.8 Å². The summed E-state index contributed by atoms with van der Waals surface area (Å²) in [6.45, 7) is 4.15. The molecule has 34 heavy (non-hydrogen) atoms. The van der Waals surface area contributed by atoms with E-state index in [1.54, 1.807) is 44.4 Å². The molecule has 1 aliphatic rings. The number of aromatic nitrogens is 5. The fourth-order valence-electron chi connectivity index (χ4n) is 4.31. The second-order valence-corrected chi connectivity index (χ2v) is 11.2. The molecule has 0 atom stereocenters. The van der Waals surface area contributed by atoms with Crippen LogP contribution in [0.5, 0.6) is 0 Å². The molecule has 9 nitrogen and oxygen atoms in total. The number of rotatable bonds is 7. The molecule has 0 bridgehead atoms. The molecule has 1 N–H and O–H groups in total. The highest BCUT2D eigenvalue weighted by atomic mass is 32.2. The molecule has 1 saturated carbocycles. The Labute approximate surface area is 198 Å². The van der Waals surface area contributed by atoms with Crippen LogP contribution in [0.1, 0.15) is 42.3 Å². The van der Waals surface area contributed by atoms with E-state index in [1.807, 2.05) is 40.2 Å². The van der Waals surface area contributed by atoms with Crippen LogP contribution in [0.25, 0.3) is 10.9 Å². The van der Waals surface area contributed by atoms with Gasteiger partial charge in [-0.05, 0) is 62.6 Å². The van der Waals surface area contributed by atoms with Crippen molar-refractivity contribution in [2.24, 2.45) is 14.1 Å². The zero-order valence-electron chi connectivity index (χ0n) is 19.7. The van der Waals surface area contributed by atoms with E-state index in [2.05, 4.69) is 14.9 Å². The van der Waals surface area contributed by atoms with E-state index in [0.29, 0.717) is 29.4 Å². The number of fused-ring (bicyclic) bond motifs is 1. The first kappa shape index (κ1) is 22.5. The third kappa shape index (κ3) is 4.30. The van der Waals surface area contributed by atoms with Gasteiger partial charge in [-0.2, -0.15) is 10.2 Å². The van der Waals surface area contributed by atoms with Crippen molar-refractivity contribution < 1.29 is 8.42 Å². The lowest BCUT2D eigenvalue weighted by Crippen LogP contribution is -2.34. The van der Waals surface area contributed by atoms with Crippen molar-refractivity contribution in [1.82, 2.24) is 28.9 Å². The second kappa shape index (κ2) is 7.92. The number of hydrogen-bond donors (Lipinski definition) is 1. The lowest BCUT2D eigenvalue weighted by molar-refractivity contribution is 0.558. The van der Waals surface area contributed by atoms with Crippen LogP contribution in [-0.4, -0.2) is 38.1 Å². The Hall–Kier alpha value is -3.24. The normalized spacial score (nSPS) is 15.2. The van der Waals surface area contributed by atoms with Crippen molar-refractivity contribution in [1.29, 1.82) is 0 Å². The predicted molar refractivity (Wildman–Crippen MR) is 129 cm³/mol. The second-order valence-electron chi connectivity index (χ2n) is 9.55. The minimum absolute atomic E-state index is 0.116. The summed E-state index contributed by atoms with van der Waals surface area (Å²) in [5.74, 6) is 0. The number of nitrogens with zero attached hydrogens (tertiary/aromatic N) is 5. The molecule has 0 aliphatic heterocycles. The van der Waals surface area contributed by atoms with Gasteiger partial charge in [-0.25, -0.2) is 13.1 Å². The van der Waals surface area contributed by atoms with E-state index < -0.39 is 10.0 Å². The van der Waals surface area contributed by atoms with Crippen molar-refractivity contribution >= 4 is 20.9 Å². The molecule has 1 aliphatic carbocycles. The SMILES string of the molecule is Cc1cc(Cn2c(=O)c(Cc3cnn(C)c3)cc3cc(S(=O)(=O)NC4(C)CC4)ccc32)n(C)n1. The fraction of sp³-hybridized carbons (Fsp3) is 0.375. The molecule has 4 aromatic rings. The zero-order valence-corrected chi connectivity index (χ0v) is 20.6. The van der Waals surface area contributed by atoms with Crippen LogP contribution in [-0.2, 0) is 37.1 Å². The van der Waals surface area contributed by atoms with Gasteiger partial charge in [-0.15, -0.1) is 0 Å². The molecule has 10 heteroatoms. The number of nitrogens with one attached hydrogen (secondary N) is 1. The molecule has 1 aromatic carbocycles. The first-order chi connectivity index (χ1) is 16.0. The molecule has 0 amide bonds. The standard InChI is InChI=1S/C24H28N6O3S/c1-16-9-20(29(4)26-16)15-30-22-6-5-21(34(32,33)27-24(2)7-8-24)12-18(22)11-19(23(30)31)10-17-13-25-28(3)14-17/h5-6,9,11-14,27H,7-8,10,15H2,1-4H3. The van der Waals surface area contributed by atoms with Gasteiger partial charge < -0.3 is 4.57 Å². The van der Waals surface area contributed by atoms with E-state index in [9.17, 15) is 13.2 Å². The Morgan fingerprint density at radius 3 is 2.53 bits per heavy atom. The van der Waals surface area contributed by atoms with Crippen LogP contribution < -0.4 is 10.3 Å². The first-order valence-corrected chi connectivity index (χ1v) is 12.7. The number of sulfonamides is 1.